The number of rotatable bonds is 4. The van der Waals surface area contributed by atoms with Crippen molar-refractivity contribution in [2.75, 3.05) is 5.32 Å². The van der Waals surface area contributed by atoms with Gasteiger partial charge in [-0.05, 0) is 23.8 Å². The molecule has 2 aromatic carbocycles. The molecule has 0 amide bonds. The number of hydrogen-bond donors (Lipinski definition) is 1. The molecule has 0 bridgehead atoms. The van der Waals surface area contributed by atoms with E-state index in [-0.39, 0.29) is 6.42 Å². The maximum Gasteiger partial charge on any atom is 0.408 e. The number of benzene rings is 2. The Kier molecular flexibility index (Phi) is 4.10. The lowest BCUT2D eigenvalue weighted by atomic mass is 10.1. The standard InChI is InChI=1S/C15H13F3N/c16-15(17,18)14(11-12-7-3-1-4-8-12)19-13-9-5-2-6-10-13/h1,3-10,14,19H,11H2. The van der Waals surface area contributed by atoms with Gasteiger partial charge in [-0.1, -0.05) is 42.5 Å². The van der Waals surface area contributed by atoms with E-state index in [0.29, 0.717) is 11.3 Å². The normalized spacial score (nSPS) is 13.0. The lowest BCUT2D eigenvalue weighted by molar-refractivity contribution is -0.142. The molecule has 0 saturated heterocycles. The summed E-state index contributed by atoms with van der Waals surface area (Å²) in [6.07, 6.45) is -4.39. The molecule has 0 aliphatic carbocycles. The molecule has 4 heteroatoms. The summed E-state index contributed by atoms with van der Waals surface area (Å²) in [5.74, 6) is 0. The van der Waals surface area contributed by atoms with Crippen LogP contribution in [0.2, 0.25) is 0 Å². The smallest absolute Gasteiger partial charge is 0.374 e. The predicted molar refractivity (Wildman–Crippen MR) is 68.9 cm³/mol. The molecule has 0 saturated carbocycles. The molecule has 2 rings (SSSR count). The second-order valence-electron chi connectivity index (χ2n) is 4.22. The van der Waals surface area contributed by atoms with Crippen LogP contribution in [0.4, 0.5) is 18.9 Å². The van der Waals surface area contributed by atoms with Crippen LogP contribution in [0.1, 0.15) is 5.56 Å². The Hall–Kier alpha value is -1.97. The number of halogens is 3. The zero-order valence-electron chi connectivity index (χ0n) is 10.1. The van der Waals surface area contributed by atoms with Crippen molar-refractivity contribution in [2.45, 2.75) is 18.6 Å². The molecule has 1 unspecified atom stereocenters. The van der Waals surface area contributed by atoms with Crippen molar-refractivity contribution in [2.24, 2.45) is 0 Å². The van der Waals surface area contributed by atoms with Gasteiger partial charge in [0.25, 0.3) is 0 Å². The summed E-state index contributed by atoms with van der Waals surface area (Å²) in [6, 6.07) is 16.1. The molecule has 1 atom stereocenters. The first-order chi connectivity index (χ1) is 9.05. The summed E-state index contributed by atoms with van der Waals surface area (Å²) in [5, 5.41) is 2.52. The Morgan fingerprint density at radius 1 is 1.00 bits per heavy atom. The van der Waals surface area contributed by atoms with Gasteiger partial charge in [0.1, 0.15) is 6.04 Å². The third kappa shape index (κ3) is 4.02. The minimum Gasteiger partial charge on any atom is -0.374 e. The summed E-state index contributed by atoms with van der Waals surface area (Å²) < 4.78 is 39.1. The van der Waals surface area contributed by atoms with Crippen molar-refractivity contribution in [3.05, 3.63) is 66.2 Å². The summed E-state index contributed by atoms with van der Waals surface area (Å²) in [6.45, 7) is 0. The monoisotopic (exact) mass is 264 g/mol. The first kappa shape index (κ1) is 13.5. The van der Waals surface area contributed by atoms with Gasteiger partial charge in [0.2, 0.25) is 0 Å². The highest BCUT2D eigenvalue weighted by molar-refractivity contribution is 5.44. The summed E-state index contributed by atoms with van der Waals surface area (Å²) in [5.41, 5.74) is 1.09. The highest BCUT2D eigenvalue weighted by Gasteiger charge is 2.39. The van der Waals surface area contributed by atoms with Crippen LogP contribution in [-0.2, 0) is 6.42 Å². The van der Waals surface area contributed by atoms with Crippen LogP contribution >= 0.6 is 0 Å². The molecule has 19 heavy (non-hydrogen) atoms. The maximum absolute atomic E-state index is 13.0. The Morgan fingerprint density at radius 3 is 2.21 bits per heavy atom. The van der Waals surface area contributed by atoms with Crippen LogP contribution in [0.25, 0.3) is 0 Å². The first-order valence-electron chi connectivity index (χ1n) is 5.89. The number of nitrogens with one attached hydrogen (secondary N) is 1. The van der Waals surface area contributed by atoms with Gasteiger partial charge in [-0.3, -0.25) is 0 Å². The highest BCUT2D eigenvalue weighted by atomic mass is 19.4. The van der Waals surface area contributed by atoms with E-state index in [0.717, 1.165) is 0 Å². The number of anilines is 1. The quantitative estimate of drug-likeness (QED) is 0.877. The van der Waals surface area contributed by atoms with Crippen LogP contribution in [0, 0.1) is 6.07 Å². The lowest BCUT2D eigenvalue weighted by Crippen LogP contribution is -2.38. The molecule has 0 fully saturated rings. The summed E-state index contributed by atoms with van der Waals surface area (Å²) in [4.78, 5) is 0. The minimum absolute atomic E-state index is 0.0943. The fraction of sp³-hybridized carbons (Fsp3) is 0.200. The van der Waals surface area contributed by atoms with Crippen molar-refractivity contribution in [3.63, 3.8) is 0 Å². The van der Waals surface area contributed by atoms with Crippen LogP contribution in [0.5, 0.6) is 0 Å². The largest absolute Gasteiger partial charge is 0.408 e. The SMILES string of the molecule is FC(F)(F)C(Cc1ccccc1)Nc1cc[c]cc1. The van der Waals surface area contributed by atoms with E-state index in [2.05, 4.69) is 11.4 Å². The Labute approximate surface area is 110 Å². The van der Waals surface area contributed by atoms with E-state index in [1.807, 2.05) is 0 Å². The van der Waals surface area contributed by atoms with Crippen LogP contribution in [0.15, 0.2) is 54.6 Å². The molecule has 2 aromatic rings. The second kappa shape index (κ2) is 5.78. The Bertz CT molecular complexity index is 452. The predicted octanol–water partition coefficient (Wildman–Crippen LogP) is 4.07. The van der Waals surface area contributed by atoms with Crippen molar-refractivity contribution in [1.29, 1.82) is 0 Å². The molecule has 0 heterocycles. The number of hydrogen-bond acceptors (Lipinski definition) is 1. The van der Waals surface area contributed by atoms with E-state index in [1.54, 1.807) is 54.6 Å². The zero-order chi connectivity index (χ0) is 13.7. The van der Waals surface area contributed by atoms with Crippen LogP contribution in [-0.4, -0.2) is 12.2 Å². The Balaban J connectivity index is 2.13. The van der Waals surface area contributed by atoms with Crippen molar-refractivity contribution in [3.8, 4) is 0 Å². The third-order valence-corrected chi connectivity index (χ3v) is 2.74. The van der Waals surface area contributed by atoms with Gasteiger partial charge in [0.05, 0.1) is 0 Å². The van der Waals surface area contributed by atoms with Gasteiger partial charge in [0.15, 0.2) is 0 Å². The number of alkyl halides is 3. The Morgan fingerprint density at radius 2 is 1.63 bits per heavy atom. The lowest BCUT2D eigenvalue weighted by Gasteiger charge is -2.22. The zero-order valence-corrected chi connectivity index (χ0v) is 10.1. The van der Waals surface area contributed by atoms with Crippen molar-refractivity contribution >= 4 is 5.69 Å². The minimum atomic E-state index is -4.30. The summed E-state index contributed by atoms with van der Waals surface area (Å²) in [7, 11) is 0. The van der Waals surface area contributed by atoms with E-state index in [4.69, 9.17) is 0 Å². The molecular formula is C15H13F3N. The van der Waals surface area contributed by atoms with E-state index in [9.17, 15) is 13.2 Å². The van der Waals surface area contributed by atoms with Crippen molar-refractivity contribution in [1.82, 2.24) is 0 Å². The molecule has 0 aromatic heterocycles. The molecule has 1 N–H and O–H groups in total. The molecule has 0 aliphatic heterocycles. The van der Waals surface area contributed by atoms with Gasteiger partial charge >= 0.3 is 6.18 Å². The average molecular weight is 264 g/mol. The van der Waals surface area contributed by atoms with Crippen LogP contribution < -0.4 is 5.32 Å². The maximum atomic E-state index is 13.0. The second-order valence-corrected chi connectivity index (χ2v) is 4.22. The molecule has 0 spiro atoms. The van der Waals surface area contributed by atoms with E-state index in [1.165, 1.54) is 0 Å². The van der Waals surface area contributed by atoms with Crippen molar-refractivity contribution < 1.29 is 13.2 Å². The topological polar surface area (TPSA) is 12.0 Å². The van der Waals surface area contributed by atoms with Crippen LogP contribution in [0.3, 0.4) is 0 Å². The molecule has 1 nitrogen and oxygen atoms in total. The fourth-order valence-electron chi connectivity index (χ4n) is 1.78. The van der Waals surface area contributed by atoms with E-state index >= 15 is 0 Å². The molecule has 99 valence electrons. The average Bonchev–Trinajstić information content (AvgIpc) is 2.39. The molecular weight excluding hydrogens is 251 g/mol. The van der Waals surface area contributed by atoms with Gasteiger partial charge in [-0.15, -0.1) is 0 Å². The highest BCUT2D eigenvalue weighted by Crippen LogP contribution is 2.26. The fourth-order valence-corrected chi connectivity index (χ4v) is 1.78. The molecule has 1 radical (unpaired) electrons. The van der Waals surface area contributed by atoms with E-state index < -0.39 is 12.2 Å². The third-order valence-electron chi connectivity index (χ3n) is 2.74. The molecule has 0 aliphatic rings. The van der Waals surface area contributed by atoms with Gasteiger partial charge in [-0.2, -0.15) is 13.2 Å². The van der Waals surface area contributed by atoms with Gasteiger partial charge < -0.3 is 5.32 Å². The summed E-state index contributed by atoms with van der Waals surface area (Å²) >= 11 is 0. The van der Waals surface area contributed by atoms with Gasteiger partial charge in [0, 0.05) is 12.1 Å². The van der Waals surface area contributed by atoms with Gasteiger partial charge in [-0.25, -0.2) is 0 Å². The first-order valence-corrected chi connectivity index (χ1v) is 5.89.